The van der Waals surface area contributed by atoms with Crippen molar-refractivity contribution in [3.63, 3.8) is 0 Å². The lowest BCUT2D eigenvalue weighted by molar-refractivity contribution is -0.129. The van der Waals surface area contributed by atoms with Gasteiger partial charge in [0.2, 0.25) is 5.91 Å². The Morgan fingerprint density at radius 2 is 2.12 bits per heavy atom. The van der Waals surface area contributed by atoms with Crippen LogP contribution in [-0.4, -0.2) is 64.4 Å². The molecule has 1 atom stereocenters. The number of rotatable bonds is 1. The van der Waals surface area contributed by atoms with E-state index < -0.39 is 0 Å². The second-order valence-corrected chi connectivity index (χ2v) is 8.23. The molecule has 3 aliphatic heterocycles. The Kier molecular flexibility index (Phi) is 3.27. The smallest absolute Gasteiger partial charge is 0.255 e. The molecule has 7 heteroatoms. The normalized spacial score (nSPS) is 28.7. The van der Waals surface area contributed by atoms with Crippen molar-refractivity contribution >= 4 is 17.6 Å². The largest absolute Gasteiger partial charge is 0.490 e. The number of carbonyl (C=O) groups excluding carboxylic acids is 2. The van der Waals surface area contributed by atoms with Gasteiger partial charge in [-0.15, -0.1) is 0 Å². The number of nitrogens with one attached hydrogen (secondary N) is 1. The summed E-state index contributed by atoms with van der Waals surface area (Å²) in [6.07, 6.45) is 7.19. The van der Waals surface area contributed by atoms with Crippen molar-refractivity contribution in [2.45, 2.75) is 49.6 Å². The van der Waals surface area contributed by atoms with E-state index in [1.165, 1.54) is 0 Å². The summed E-state index contributed by atoms with van der Waals surface area (Å²) >= 11 is 0. The molecule has 0 bridgehead atoms. The molecule has 1 N–H and O–H groups in total. The number of pyridine rings is 1. The second kappa shape index (κ2) is 5.34. The van der Waals surface area contributed by atoms with Crippen LogP contribution in [0, 0.1) is 0 Å². The molecule has 138 valence electrons. The topological polar surface area (TPSA) is 74.8 Å². The van der Waals surface area contributed by atoms with Gasteiger partial charge in [-0.05, 0) is 31.7 Å². The maximum Gasteiger partial charge on any atom is 0.255 e. The lowest BCUT2D eigenvalue weighted by Crippen LogP contribution is -2.46. The third kappa shape index (κ3) is 2.36. The number of fused-ring (bicyclic) bond motifs is 1. The van der Waals surface area contributed by atoms with Crippen LogP contribution in [0.15, 0.2) is 12.3 Å². The molecule has 0 radical (unpaired) electrons. The Balaban J connectivity index is 1.35. The highest BCUT2D eigenvalue weighted by atomic mass is 16.5. The Bertz CT molecular complexity index is 791. The van der Waals surface area contributed by atoms with E-state index in [9.17, 15) is 9.59 Å². The fraction of sp³-hybridized carbons (Fsp3) is 0.632. The van der Waals surface area contributed by atoms with Crippen molar-refractivity contribution in [3.05, 3.63) is 17.8 Å². The van der Waals surface area contributed by atoms with E-state index in [2.05, 4.69) is 10.3 Å². The lowest BCUT2D eigenvalue weighted by Gasteiger charge is -2.31. The molecule has 1 aliphatic carbocycles. The van der Waals surface area contributed by atoms with Gasteiger partial charge in [0, 0.05) is 44.7 Å². The SMILES string of the molecule is CN1C(=O)CC[C@@]12CCN(C(=O)c1cnc3c(c1)OCCC1(CC1)N3)C2. The first-order valence-corrected chi connectivity index (χ1v) is 9.47. The zero-order valence-electron chi connectivity index (χ0n) is 15.1. The van der Waals surface area contributed by atoms with Gasteiger partial charge in [0.15, 0.2) is 11.6 Å². The van der Waals surface area contributed by atoms with Gasteiger partial charge >= 0.3 is 0 Å². The summed E-state index contributed by atoms with van der Waals surface area (Å²) in [6, 6.07) is 1.81. The minimum absolute atomic E-state index is 0.0288. The third-order valence-corrected chi connectivity index (χ3v) is 6.68. The van der Waals surface area contributed by atoms with Crippen molar-refractivity contribution in [1.29, 1.82) is 0 Å². The number of hydrogen-bond donors (Lipinski definition) is 1. The van der Waals surface area contributed by atoms with Crippen molar-refractivity contribution < 1.29 is 14.3 Å². The molecule has 4 aliphatic rings. The van der Waals surface area contributed by atoms with Crippen LogP contribution in [0.5, 0.6) is 5.75 Å². The molecule has 1 aromatic heterocycles. The van der Waals surface area contributed by atoms with Crippen molar-refractivity contribution in [1.82, 2.24) is 14.8 Å². The number of likely N-dealkylation sites (tertiary alicyclic amines) is 2. The number of hydrogen-bond acceptors (Lipinski definition) is 5. The van der Waals surface area contributed by atoms with Crippen molar-refractivity contribution in [2.24, 2.45) is 0 Å². The van der Waals surface area contributed by atoms with Crippen molar-refractivity contribution in [2.75, 3.05) is 32.1 Å². The van der Waals surface area contributed by atoms with Crippen LogP contribution in [0.4, 0.5) is 5.82 Å². The molecule has 2 spiro atoms. The zero-order chi connectivity index (χ0) is 17.9. The molecular weight excluding hydrogens is 332 g/mol. The first kappa shape index (κ1) is 15.9. The van der Waals surface area contributed by atoms with Crippen LogP contribution in [0.2, 0.25) is 0 Å². The molecule has 7 nitrogen and oxygen atoms in total. The van der Waals surface area contributed by atoms with E-state index >= 15 is 0 Å². The van der Waals surface area contributed by atoms with Gasteiger partial charge in [-0.3, -0.25) is 9.59 Å². The van der Waals surface area contributed by atoms with E-state index in [-0.39, 0.29) is 22.9 Å². The lowest BCUT2D eigenvalue weighted by atomic mass is 9.96. The summed E-state index contributed by atoms with van der Waals surface area (Å²) in [6.45, 7) is 1.93. The molecule has 1 aromatic rings. The maximum atomic E-state index is 13.0. The standard InChI is InChI=1S/C19H24N4O3/c1-22-15(24)2-3-19(22)6-8-23(12-19)17(25)13-10-14-16(20-11-13)21-18(4-5-18)7-9-26-14/h10-11H,2-9,12H2,1H3,(H,20,21)/t19-/m0/s1. The van der Waals surface area contributed by atoms with E-state index in [1.807, 2.05) is 22.9 Å². The van der Waals surface area contributed by atoms with Crippen molar-refractivity contribution in [3.8, 4) is 5.75 Å². The molecule has 5 rings (SSSR count). The van der Waals surface area contributed by atoms with Crippen LogP contribution in [0.25, 0.3) is 0 Å². The van der Waals surface area contributed by atoms with Crippen LogP contribution in [-0.2, 0) is 4.79 Å². The van der Waals surface area contributed by atoms with Gasteiger partial charge in [-0.1, -0.05) is 0 Å². The summed E-state index contributed by atoms with van der Waals surface area (Å²) in [5.41, 5.74) is 0.536. The van der Waals surface area contributed by atoms with Gasteiger partial charge in [0.1, 0.15) is 0 Å². The van der Waals surface area contributed by atoms with Gasteiger partial charge in [-0.2, -0.15) is 0 Å². The summed E-state index contributed by atoms with van der Waals surface area (Å²) in [5.74, 6) is 1.57. The van der Waals surface area contributed by atoms with E-state index in [4.69, 9.17) is 4.74 Å². The highest BCUT2D eigenvalue weighted by molar-refractivity contribution is 5.95. The predicted octanol–water partition coefficient (Wildman–Crippen LogP) is 1.65. The Morgan fingerprint density at radius 3 is 2.85 bits per heavy atom. The number of carbonyl (C=O) groups is 2. The van der Waals surface area contributed by atoms with Crippen LogP contribution in [0.1, 0.15) is 48.9 Å². The molecule has 2 amide bonds. The summed E-state index contributed by atoms with van der Waals surface area (Å²) in [4.78, 5) is 33.1. The molecule has 0 aromatic carbocycles. The van der Waals surface area contributed by atoms with E-state index in [0.717, 1.165) is 37.9 Å². The molecule has 3 fully saturated rings. The Morgan fingerprint density at radius 1 is 1.27 bits per heavy atom. The summed E-state index contributed by atoms with van der Waals surface area (Å²) in [5, 5.41) is 3.49. The first-order chi connectivity index (χ1) is 12.5. The number of aromatic nitrogens is 1. The Hall–Kier alpha value is -2.31. The molecule has 4 heterocycles. The predicted molar refractivity (Wildman–Crippen MR) is 95.2 cm³/mol. The highest BCUT2D eigenvalue weighted by Gasteiger charge is 2.49. The van der Waals surface area contributed by atoms with Crippen LogP contribution in [0.3, 0.4) is 0 Å². The minimum atomic E-state index is -0.178. The van der Waals surface area contributed by atoms with E-state index in [0.29, 0.717) is 37.4 Å². The van der Waals surface area contributed by atoms with Gasteiger partial charge in [-0.25, -0.2) is 4.98 Å². The van der Waals surface area contributed by atoms with Crippen LogP contribution >= 0.6 is 0 Å². The molecular formula is C19H24N4O3. The third-order valence-electron chi connectivity index (χ3n) is 6.68. The Labute approximate surface area is 152 Å². The number of nitrogens with zero attached hydrogens (tertiary/aromatic N) is 3. The maximum absolute atomic E-state index is 13.0. The second-order valence-electron chi connectivity index (χ2n) is 8.23. The molecule has 2 saturated heterocycles. The van der Waals surface area contributed by atoms with Gasteiger partial charge in [0.05, 0.1) is 17.7 Å². The average molecular weight is 356 g/mol. The number of likely N-dealkylation sites (N-methyl/N-ethyl adjacent to an activating group) is 1. The molecule has 26 heavy (non-hydrogen) atoms. The fourth-order valence-electron chi connectivity index (χ4n) is 4.59. The average Bonchev–Trinajstić information content (AvgIpc) is 3.24. The number of ether oxygens (including phenoxy) is 1. The first-order valence-electron chi connectivity index (χ1n) is 9.47. The summed E-state index contributed by atoms with van der Waals surface area (Å²) < 4.78 is 5.85. The fourth-order valence-corrected chi connectivity index (χ4v) is 4.59. The molecule has 1 saturated carbocycles. The molecule has 0 unspecified atom stereocenters. The highest BCUT2D eigenvalue weighted by Crippen LogP contribution is 2.45. The summed E-state index contributed by atoms with van der Waals surface area (Å²) in [7, 11) is 1.86. The van der Waals surface area contributed by atoms with Crippen LogP contribution < -0.4 is 10.1 Å². The van der Waals surface area contributed by atoms with Gasteiger partial charge < -0.3 is 19.9 Å². The number of anilines is 1. The quantitative estimate of drug-likeness (QED) is 0.828. The zero-order valence-corrected chi connectivity index (χ0v) is 15.1. The monoisotopic (exact) mass is 356 g/mol. The van der Waals surface area contributed by atoms with Gasteiger partial charge in [0.25, 0.3) is 5.91 Å². The number of amides is 2. The van der Waals surface area contributed by atoms with E-state index in [1.54, 1.807) is 6.20 Å². The minimum Gasteiger partial charge on any atom is -0.490 e.